The lowest BCUT2D eigenvalue weighted by Gasteiger charge is -2.58. The van der Waals surface area contributed by atoms with E-state index < -0.39 is 49.2 Å². The number of hydrogen-bond acceptors (Lipinski definition) is 13. The van der Waals surface area contributed by atoms with Crippen molar-refractivity contribution in [3.63, 3.8) is 0 Å². The van der Waals surface area contributed by atoms with Gasteiger partial charge in [0.05, 0.1) is 33.7 Å². The number of nitrogens with zero attached hydrogens (tertiary/aromatic N) is 5. The molecule has 4 saturated heterocycles. The second-order valence-electron chi connectivity index (χ2n) is 22.2. The highest BCUT2D eigenvalue weighted by molar-refractivity contribution is 7.90. The van der Waals surface area contributed by atoms with E-state index in [1.165, 1.54) is 35.4 Å². The van der Waals surface area contributed by atoms with Crippen LogP contribution in [-0.4, -0.2) is 105 Å². The number of anilines is 4. The van der Waals surface area contributed by atoms with Crippen LogP contribution in [0, 0.1) is 45.9 Å². The van der Waals surface area contributed by atoms with Gasteiger partial charge in [0.1, 0.15) is 23.1 Å². The van der Waals surface area contributed by atoms with E-state index in [-0.39, 0.29) is 41.3 Å². The van der Waals surface area contributed by atoms with E-state index in [0.29, 0.717) is 74.1 Å². The van der Waals surface area contributed by atoms with Crippen molar-refractivity contribution in [3.05, 3.63) is 141 Å². The first kappa shape index (κ1) is 51.1. The fourth-order valence-corrected chi connectivity index (χ4v) is 14.2. The van der Waals surface area contributed by atoms with Gasteiger partial charge in [0.2, 0.25) is 5.88 Å². The smallest absolute Gasteiger partial charge is 0.293 e. The number of aryl methyl sites for hydroxylation is 1. The monoisotopic (exact) mass is 1070 g/mol. The Morgan fingerprint density at radius 2 is 1.69 bits per heavy atom. The van der Waals surface area contributed by atoms with Gasteiger partial charge in [0.15, 0.2) is 11.6 Å². The van der Waals surface area contributed by atoms with E-state index >= 15 is 0 Å². The second-order valence-corrected chi connectivity index (χ2v) is 23.9. The van der Waals surface area contributed by atoms with Gasteiger partial charge in [-0.25, -0.2) is 21.9 Å². The van der Waals surface area contributed by atoms with Gasteiger partial charge in [0, 0.05) is 74.9 Å². The summed E-state index contributed by atoms with van der Waals surface area (Å²) in [4.78, 5) is 41.2. The number of pyridine rings is 1. The molecule has 0 bridgehead atoms. The summed E-state index contributed by atoms with van der Waals surface area (Å²) in [5.41, 5.74) is 6.10. The number of nitro groups is 1. The van der Waals surface area contributed by atoms with E-state index in [0.717, 1.165) is 93.7 Å². The zero-order chi connectivity index (χ0) is 53.0. The van der Waals surface area contributed by atoms with Gasteiger partial charge in [-0.15, -0.1) is 0 Å². The van der Waals surface area contributed by atoms with Gasteiger partial charge in [-0.2, -0.15) is 4.98 Å². The summed E-state index contributed by atoms with van der Waals surface area (Å²) in [6.45, 7) is 7.12. The number of carbonyl (C=O) groups is 1. The summed E-state index contributed by atoms with van der Waals surface area (Å²) < 4.78 is 76.6. The van der Waals surface area contributed by atoms with Crippen LogP contribution in [-0.2, 0) is 25.9 Å². The van der Waals surface area contributed by atoms with Crippen molar-refractivity contribution in [1.82, 2.24) is 19.6 Å². The Bertz CT molecular complexity index is 3320. The molecule has 3 N–H and O–H groups in total. The predicted octanol–water partition coefficient (Wildman–Crippen LogP) is 10.1. The van der Waals surface area contributed by atoms with Gasteiger partial charge in [0.25, 0.3) is 21.6 Å². The molecule has 2 aromatic heterocycles. The number of aromatic amines is 1. The number of fused-ring (bicyclic) bond motifs is 3. The third-order valence-electron chi connectivity index (χ3n) is 17.5. The number of halogens is 2. The summed E-state index contributed by atoms with van der Waals surface area (Å²) in [6.07, 6.45) is 10.3. The molecule has 16 nitrogen and oxygen atoms in total. The minimum atomic E-state index is -4.63. The molecular weight excluding hydrogens is 1010 g/mol. The molecule has 4 aromatic carbocycles. The third-order valence-corrected chi connectivity index (χ3v) is 18.8. The van der Waals surface area contributed by atoms with Crippen molar-refractivity contribution in [2.45, 2.75) is 100 Å². The van der Waals surface area contributed by atoms with E-state index in [9.17, 15) is 32.1 Å². The quantitative estimate of drug-likeness (QED) is 0.0734. The number of piperidine rings is 2. The largest absolute Gasteiger partial charge is 0.468 e. The Labute approximate surface area is 446 Å². The van der Waals surface area contributed by atoms with Gasteiger partial charge < -0.3 is 34.3 Å². The number of likely N-dealkylation sites (tertiary alicyclic amines) is 1. The normalized spacial score (nSPS) is 22.9. The molecule has 404 valence electrons. The van der Waals surface area contributed by atoms with Crippen LogP contribution in [0.15, 0.2) is 102 Å². The number of ether oxygens (including phenoxy) is 3. The first-order valence-corrected chi connectivity index (χ1v) is 28.6. The predicted molar refractivity (Wildman–Crippen MR) is 288 cm³/mol. The SMILES string of the molecule is Cc1ccccc1[C@H]1C[C@@H](Cc2ccc(F)c(F)c2)CCN1C1CC2(CCN(c3ccc(C(=O)NS(=O)(=O)c4ccc(NCC5CCOCC5)c([N+](=O)[O-])c4)c(N4c5cc6cc[nH]c6nc5O[C@H]5COCC[C@@H]54)c3)CC2)C1. The van der Waals surface area contributed by atoms with Crippen molar-refractivity contribution in [2.75, 3.05) is 67.7 Å². The van der Waals surface area contributed by atoms with Gasteiger partial charge >= 0.3 is 0 Å². The lowest BCUT2D eigenvalue weighted by molar-refractivity contribution is -0.384. The molecule has 12 rings (SSSR count). The summed E-state index contributed by atoms with van der Waals surface area (Å²) in [7, 11) is -4.63. The Balaban J connectivity index is 0.802. The van der Waals surface area contributed by atoms with Gasteiger partial charge in [-0.3, -0.25) is 19.8 Å². The highest BCUT2D eigenvalue weighted by Crippen LogP contribution is 2.55. The Morgan fingerprint density at radius 1 is 0.883 bits per heavy atom. The Kier molecular flexibility index (Phi) is 13.9. The fraction of sp³-hybridized carbons (Fsp3) is 0.448. The average molecular weight is 1070 g/mol. The third kappa shape index (κ3) is 10.2. The Hall–Kier alpha value is -6.67. The molecule has 5 aliphatic heterocycles. The maximum absolute atomic E-state index is 14.7. The van der Waals surface area contributed by atoms with Crippen LogP contribution in [0.25, 0.3) is 11.0 Å². The number of sulfonamides is 1. The molecule has 1 aliphatic carbocycles. The summed E-state index contributed by atoms with van der Waals surface area (Å²) in [6, 6.07) is 26.3. The molecule has 4 atom stereocenters. The second kappa shape index (κ2) is 20.9. The molecule has 6 aromatic rings. The van der Waals surface area contributed by atoms with Crippen LogP contribution in [0.4, 0.5) is 37.2 Å². The van der Waals surface area contributed by atoms with Crippen LogP contribution in [0.3, 0.4) is 0 Å². The Morgan fingerprint density at radius 3 is 2.48 bits per heavy atom. The van der Waals surface area contributed by atoms with Crippen molar-refractivity contribution in [1.29, 1.82) is 0 Å². The molecule has 19 heteroatoms. The number of nitro benzene ring substituents is 1. The first-order valence-electron chi connectivity index (χ1n) is 27.1. The number of carbonyl (C=O) groups excluding carboxylic acids is 1. The standard InChI is InChI=1S/C58H64F2N8O8S/c1-36-4-2-3-5-44(36)50-28-39(26-38-6-10-46(59)47(60)27-38)13-20-66(50)42-32-58(33-42)17-21-65(22-18-58)41-7-9-45(51(30-41)67-49-16-25-75-35-54(49)76-57-53(67)29-40-12-19-61-55(40)63-57)56(69)64-77(72,73)43-8-11-48(52(31-43)68(70)71)62-34-37-14-23-74-24-15-37/h2-12,19,27,29-31,37,39,42,49-50,54,62H,13-18,20-26,28,32-35H2,1H3,(H,61,63)(H,64,69)/t39-,49+,50-,54+/m1/s1. The molecule has 0 unspecified atom stereocenters. The average Bonchev–Trinajstić information content (AvgIpc) is 3.91. The lowest BCUT2D eigenvalue weighted by Crippen LogP contribution is -2.57. The zero-order valence-electron chi connectivity index (χ0n) is 43.1. The van der Waals surface area contributed by atoms with Crippen molar-refractivity contribution >= 4 is 55.4 Å². The van der Waals surface area contributed by atoms with Crippen LogP contribution in [0.1, 0.15) is 90.9 Å². The maximum atomic E-state index is 14.7. The highest BCUT2D eigenvalue weighted by atomic mass is 32.2. The molecule has 1 amide bonds. The minimum Gasteiger partial charge on any atom is -0.468 e. The van der Waals surface area contributed by atoms with E-state index in [2.05, 4.69) is 60.9 Å². The number of aromatic nitrogens is 2. The zero-order valence-corrected chi connectivity index (χ0v) is 43.9. The van der Waals surface area contributed by atoms with Gasteiger partial charge in [-0.05, 0) is 166 Å². The fourth-order valence-electron chi connectivity index (χ4n) is 13.2. The molecule has 1 spiro atoms. The van der Waals surface area contributed by atoms with E-state index in [4.69, 9.17) is 19.2 Å². The molecule has 1 saturated carbocycles. The van der Waals surface area contributed by atoms with E-state index in [1.807, 2.05) is 24.3 Å². The molecule has 7 heterocycles. The van der Waals surface area contributed by atoms with E-state index in [1.54, 1.807) is 18.3 Å². The van der Waals surface area contributed by atoms with Gasteiger partial charge in [-0.1, -0.05) is 30.3 Å². The lowest BCUT2D eigenvalue weighted by atomic mass is 9.59. The number of hydrogen-bond donors (Lipinski definition) is 3. The first-order chi connectivity index (χ1) is 37.3. The highest BCUT2D eigenvalue weighted by Gasteiger charge is 2.50. The molecule has 77 heavy (non-hydrogen) atoms. The molecular formula is C58H64F2N8O8S. The number of benzene rings is 4. The van der Waals surface area contributed by atoms with Crippen molar-refractivity contribution in [2.24, 2.45) is 17.3 Å². The number of H-pyrrole nitrogens is 1. The maximum Gasteiger partial charge on any atom is 0.293 e. The summed E-state index contributed by atoms with van der Waals surface area (Å²) in [5, 5.41) is 16.3. The van der Waals surface area contributed by atoms with Crippen LogP contribution >= 0.6 is 0 Å². The van der Waals surface area contributed by atoms with Crippen LogP contribution in [0.2, 0.25) is 0 Å². The summed E-state index contributed by atoms with van der Waals surface area (Å²) in [5.74, 6) is -1.56. The molecule has 5 fully saturated rings. The number of amides is 1. The molecule has 6 aliphatic rings. The number of nitrogens with one attached hydrogen (secondary N) is 3. The molecule has 0 radical (unpaired) electrons. The summed E-state index contributed by atoms with van der Waals surface area (Å²) >= 11 is 0. The number of rotatable bonds is 13. The van der Waals surface area contributed by atoms with Crippen LogP contribution in [0.5, 0.6) is 5.88 Å². The topological polar surface area (TPSA) is 184 Å². The van der Waals surface area contributed by atoms with Crippen molar-refractivity contribution < 1.29 is 41.1 Å². The van der Waals surface area contributed by atoms with Crippen LogP contribution < -0.4 is 24.6 Å². The minimum absolute atomic E-state index is 0.0981. The van der Waals surface area contributed by atoms with Crippen molar-refractivity contribution in [3.8, 4) is 5.88 Å².